The Balaban J connectivity index is 2.69. The van der Waals surface area contributed by atoms with Gasteiger partial charge in [-0.05, 0) is 30.7 Å². The van der Waals surface area contributed by atoms with E-state index in [0.29, 0.717) is 17.8 Å². The quantitative estimate of drug-likeness (QED) is 0.353. The number of unbranched alkanes of at least 4 members (excludes halogenated alkanes) is 1. The number of rotatable bonds is 5. The van der Waals surface area contributed by atoms with Crippen molar-refractivity contribution in [1.29, 1.82) is 0 Å². The van der Waals surface area contributed by atoms with Crippen LogP contribution in [0.15, 0.2) is 34.3 Å². The number of hydrogen-bond acceptors (Lipinski definition) is 2. The smallest absolute Gasteiger partial charge is 0.251 e. The van der Waals surface area contributed by atoms with Gasteiger partial charge in [0.05, 0.1) is 5.69 Å². The van der Waals surface area contributed by atoms with Crippen LogP contribution < -0.4 is 22.5 Å². The molecule has 1 aromatic rings. The molecule has 0 aliphatic rings. The minimum atomic E-state index is -0.154. The van der Waals surface area contributed by atoms with Crippen LogP contribution in [0.3, 0.4) is 0 Å². The minimum absolute atomic E-state index is 0.0369. The summed E-state index contributed by atoms with van der Waals surface area (Å²) in [5, 5.41) is 2.83. The Kier molecular flexibility index (Phi) is 6.02. The van der Waals surface area contributed by atoms with E-state index in [1.54, 1.807) is 24.3 Å². The van der Waals surface area contributed by atoms with Crippen LogP contribution in [0.4, 0.5) is 5.69 Å². The highest BCUT2D eigenvalue weighted by Gasteiger charge is 2.04. The number of nitrogens with one attached hydrogen (secondary N) is 1. The number of nitrogens with zero attached hydrogens (tertiary/aromatic N) is 2. The van der Waals surface area contributed by atoms with Crippen molar-refractivity contribution in [2.24, 2.45) is 27.2 Å². The van der Waals surface area contributed by atoms with Gasteiger partial charge in [0.15, 0.2) is 5.96 Å². The van der Waals surface area contributed by atoms with E-state index in [1.165, 1.54) is 0 Å². The topological polar surface area (TPSA) is 132 Å². The number of hydrogen-bond donors (Lipinski definition) is 4. The summed E-state index contributed by atoms with van der Waals surface area (Å²) >= 11 is 0. The third-order valence-electron chi connectivity index (χ3n) is 2.43. The Labute approximate surface area is 118 Å². The molecule has 7 nitrogen and oxygen atoms in total. The van der Waals surface area contributed by atoms with Gasteiger partial charge in [-0.25, -0.2) is 4.99 Å². The van der Waals surface area contributed by atoms with Gasteiger partial charge >= 0.3 is 0 Å². The number of nitrogens with two attached hydrogens (primary N) is 3. The largest absolute Gasteiger partial charge is 0.370 e. The fourth-order valence-electron chi connectivity index (χ4n) is 1.46. The predicted molar refractivity (Wildman–Crippen MR) is 80.8 cm³/mol. The molecule has 0 unspecified atom stereocenters. The summed E-state index contributed by atoms with van der Waals surface area (Å²) in [6, 6.07) is 6.68. The predicted octanol–water partition coefficient (Wildman–Crippen LogP) is 0.436. The highest BCUT2D eigenvalue weighted by atomic mass is 16.1. The lowest BCUT2D eigenvalue weighted by molar-refractivity contribution is 0.0953. The molecule has 0 fully saturated rings. The van der Waals surface area contributed by atoms with Gasteiger partial charge in [0.1, 0.15) is 0 Å². The molecule has 1 aromatic carbocycles. The van der Waals surface area contributed by atoms with Crippen molar-refractivity contribution in [3.05, 3.63) is 29.8 Å². The summed E-state index contributed by atoms with van der Waals surface area (Å²) in [6.45, 7) is 2.74. The highest BCUT2D eigenvalue weighted by molar-refractivity contribution is 5.95. The Bertz CT molecular complexity index is 502. The molecule has 0 bridgehead atoms. The van der Waals surface area contributed by atoms with E-state index in [2.05, 4.69) is 22.2 Å². The molecular weight excluding hydrogens is 256 g/mol. The summed E-state index contributed by atoms with van der Waals surface area (Å²) < 4.78 is 0. The van der Waals surface area contributed by atoms with Gasteiger partial charge in [0.2, 0.25) is 5.96 Å². The van der Waals surface area contributed by atoms with Gasteiger partial charge in [-0.15, -0.1) is 0 Å². The zero-order chi connectivity index (χ0) is 15.0. The van der Waals surface area contributed by atoms with Crippen LogP contribution >= 0.6 is 0 Å². The number of benzene rings is 1. The Morgan fingerprint density at radius 2 is 1.85 bits per heavy atom. The van der Waals surface area contributed by atoms with Gasteiger partial charge in [0.25, 0.3) is 5.91 Å². The summed E-state index contributed by atoms with van der Waals surface area (Å²) in [6.07, 6.45) is 2.00. The Morgan fingerprint density at radius 1 is 1.20 bits per heavy atom. The minimum Gasteiger partial charge on any atom is -0.370 e. The molecule has 0 atom stereocenters. The highest BCUT2D eigenvalue weighted by Crippen LogP contribution is 2.13. The second-order valence-corrected chi connectivity index (χ2v) is 4.16. The fourth-order valence-corrected chi connectivity index (χ4v) is 1.46. The van der Waals surface area contributed by atoms with Crippen LogP contribution in [0.2, 0.25) is 0 Å². The van der Waals surface area contributed by atoms with E-state index < -0.39 is 0 Å². The fraction of sp³-hybridized carbons (Fsp3) is 0.308. The second-order valence-electron chi connectivity index (χ2n) is 4.16. The molecule has 7 N–H and O–H groups in total. The molecule has 0 heterocycles. The maximum Gasteiger partial charge on any atom is 0.251 e. The number of guanidine groups is 2. The number of carbonyl (C=O) groups excluding carboxylic acids is 1. The van der Waals surface area contributed by atoms with Crippen LogP contribution in [0.1, 0.15) is 30.1 Å². The third-order valence-corrected chi connectivity index (χ3v) is 2.43. The first-order chi connectivity index (χ1) is 9.52. The molecule has 1 amide bonds. The van der Waals surface area contributed by atoms with E-state index in [4.69, 9.17) is 17.2 Å². The van der Waals surface area contributed by atoms with Crippen molar-refractivity contribution < 1.29 is 4.79 Å². The van der Waals surface area contributed by atoms with E-state index in [0.717, 1.165) is 12.8 Å². The van der Waals surface area contributed by atoms with Crippen molar-refractivity contribution in [2.75, 3.05) is 6.54 Å². The molecular formula is C13H20N6O. The SMILES string of the molecule is CCCCNC(=O)c1ccc(N=C(N)N=C(N)N)cc1. The lowest BCUT2D eigenvalue weighted by Gasteiger charge is -2.04. The summed E-state index contributed by atoms with van der Waals surface area (Å²) in [5.74, 6) is -0.297. The lowest BCUT2D eigenvalue weighted by atomic mass is 10.2. The standard InChI is InChI=1S/C13H20N6O/c1-2-3-8-17-11(20)9-4-6-10(7-5-9)18-13(16)19-12(14)15/h4-7H,2-3,8H2,1H3,(H,17,20)(H6,14,15,16,18,19). The molecule has 0 aromatic heterocycles. The van der Waals surface area contributed by atoms with E-state index >= 15 is 0 Å². The van der Waals surface area contributed by atoms with E-state index in [1.807, 2.05) is 0 Å². The molecule has 1 rings (SSSR count). The van der Waals surface area contributed by atoms with Crippen molar-refractivity contribution in [3.63, 3.8) is 0 Å². The molecule has 0 radical (unpaired) electrons. The molecule has 0 saturated carbocycles. The lowest BCUT2D eigenvalue weighted by Crippen LogP contribution is -2.26. The summed E-state index contributed by atoms with van der Waals surface area (Å²) in [4.78, 5) is 19.4. The normalized spacial score (nSPS) is 10.9. The van der Waals surface area contributed by atoms with Gasteiger partial charge in [-0.3, -0.25) is 4.79 Å². The van der Waals surface area contributed by atoms with Crippen LogP contribution in [0, 0.1) is 0 Å². The van der Waals surface area contributed by atoms with Gasteiger partial charge in [-0.1, -0.05) is 13.3 Å². The maximum absolute atomic E-state index is 11.8. The molecule has 20 heavy (non-hydrogen) atoms. The Hall–Kier alpha value is -2.57. The van der Waals surface area contributed by atoms with Gasteiger partial charge in [0, 0.05) is 12.1 Å². The zero-order valence-corrected chi connectivity index (χ0v) is 11.5. The molecule has 0 aliphatic heterocycles. The molecule has 0 saturated heterocycles. The number of carbonyl (C=O) groups is 1. The number of amides is 1. The number of aliphatic imine (C=N–C) groups is 2. The van der Waals surface area contributed by atoms with Crippen molar-refractivity contribution in [1.82, 2.24) is 5.32 Å². The Morgan fingerprint density at radius 3 is 2.40 bits per heavy atom. The second kappa shape index (κ2) is 7.78. The van der Waals surface area contributed by atoms with Crippen molar-refractivity contribution in [3.8, 4) is 0 Å². The first kappa shape index (κ1) is 15.5. The van der Waals surface area contributed by atoms with Crippen LogP contribution in [-0.4, -0.2) is 24.4 Å². The molecule has 0 spiro atoms. The first-order valence-electron chi connectivity index (χ1n) is 6.35. The van der Waals surface area contributed by atoms with Gasteiger partial charge < -0.3 is 22.5 Å². The monoisotopic (exact) mass is 276 g/mol. The molecule has 0 aliphatic carbocycles. The molecule has 7 heteroatoms. The van der Waals surface area contributed by atoms with Gasteiger partial charge in [-0.2, -0.15) is 4.99 Å². The average molecular weight is 276 g/mol. The van der Waals surface area contributed by atoms with E-state index in [9.17, 15) is 4.79 Å². The first-order valence-corrected chi connectivity index (χ1v) is 6.35. The van der Waals surface area contributed by atoms with Crippen molar-refractivity contribution in [2.45, 2.75) is 19.8 Å². The van der Waals surface area contributed by atoms with Crippen LogP contribution in [0.25, 0.3) is 0 Å². The molecule has 108 valence electrons. The summed E-state index contributed by atoms with van der Waals surface area (Å²) in [5.41, 5.74) is 17.0. The zero-order valence-electron chi connectivity index (χ0n) is 11.5. The van der Waals surface area contributed by atoms with E-state index in [-0.39, 0.29) is 17.8 Å². The van der Waals surface area contributed by atoms with Crippen LogP contribution in [0.5, 0.6) is 0 Å². The maximum atomic E-state index is 11.8. The average Bonchev–Trinajstić information content (AvgIpc) is 2.38. The van der Waals surface area contributed by atoms with Crippen LogP contribution in [-0.2, 0) is 0 Å². The third kappa shape index (κ3) is 5.38. The summed E-state index contributed by atoms with van der Waals surface area (Å²) in [7, 11) is 0. The van der Waals surface area contributed by atoms with Crippen molar-refractivity contribution >= 4 is 23.5 Å².